The molecule has 1 aromatic rings. The highest BCUT2D eigenvalue weighted by molar-refractivity contribution is 7.09. The molecule has 1 saturated heterocycles. The smallest absolute Gasteiger partial charge is 0.317 e. The monoisotopic (exact) mass is 325 g/mol. The molecule has 0 aromatic carbocycles. The maximum absolute atomic E-state index is 12.4. The average molecular weight is 325 g/mol. The van der Waals surface area contributed by atoms with Crippen LogP contribution in [0.3, 0.4) is 0 Å². The largest absolute Gasteiger partial charge is 0.396 e. The number of hydrogen-bond donors (Lipinski definition) is 2. The van der Waals surface area contributed by atoms with Crippen LogP contribution in [0.5, 0.6) is 0 Å². The van der Waals surface area contributed by atoms with Crippen molar-refractivity contribution in [3.8, 4) is 0 Å². The van der Waals surface area contributed by atoms with Gasteiger partial charge in [-0.05, 0) is 25.7 Å². The summed E-state index contributed by atoms with van der Waals surface area (Å²) in [4.78, 5) is 18.8. The molecule has 1 aromatic heterocycles. The molecule has 2 unspecified atom stereocenters. The van der Waals surface area contributed by atoms with Gasteiger partial charge in [0, 0.05) is 30.5 Å². The molecule has 1 fully saturated rings. The van der Waals surface area contributed by atoms with Crippen LogP contribution >= 0.6 is 11.3 Å². The minimum Gasteiger partial charge on any atom is -0.396 e. The molecule has 1 aliphatic heterocycles. The highest BCUT2D eigenvalue weighted by Crippen LogP contribution is 2.27. The first kappa shape index (κ1) is 17.2. The number of urea groups is 1. The van der Waals surface area contributed by atoms with E-state index in [0.717, 1.165) is 30.1 Å². The molecular formula is C16H27N3O2S. The van der Waals surface area contributed by atoms with Gasteiger partial charge >= 0.3 is 6.03 Å². The number of carbonyl (C=O) groups is 1. The third-order valence-corrected chi connectivity index (χ3v) is 5.09. The summed E-state index contributed by atoms with van der Waals surface area (Å²) in [5.41, 5.74) is 1.09. The molecule has 1 aliphatic rings. The Kier molecular flexibility index (Phi) is 5.45. The predicted octanol–water partition coefficient (Wildman–Crippen LogP) is 2.92. The summed E-state index contributed by atoms with van der Waals surface area (Å²) >= 11 is 1.59. The van der Waals surface area contributed by atoms with Crippen LogP contribution in [-0.2, 0) is 5.41 Å². The van der Waals surface area contributed by atoms with Gasteiger partial charge in [-0.1, -0.05) is 20.8 Å². The molecule has 2 N–H and O–H groups in total. The van der Waals surface area contributed by atoms with Crippen LogP contribution in [0.4, 0.5) is 4.79 Å². The van der Waals surface area contributed by atoms with E-state index in [-0.39, 0.29) is 30.0 Å². The average Bonchev–Trinajstić information content (AvgIpc) is 2.97. The zero-order valence-electron chi connectivity index (χ0n) is 13.9. The summed E-state index contributed by atoms with van der Waals surface area (Å²) in [5.74, 6) is 0.210. The van der Waals surface area contributed by atoms with Crippen LogP contribution in [0.2, 0.25) is 0 Å². The van der Waals surface area contributed by atoms with Crippen molar-refractivity contribution >= 4 is 17.4 Å². The Labute approximate surface area is 136 Å². The van der Waals surface area contributed by atoms with Crippen molar-refractivity contribution in [3.05, 3.63) is 16.1 Å². The second-order valence-corrected chi connectivity index (χ2v) is 8.02. The van der Waals surface area contributed by atoms with E-state index in [2.05, 4.69) is 36.5 Å². The van der Waals surface area contributed by atoms with Gasteiger partial charge in [0.1, 0.15) is 5.01 Å². The first-order valence-corrected chi connectivity index (χ1v) is 8.81. The number of carbonyl (C=O) groups excluding carboxylic acids is 1. The van der Waals surface area contributed by atoms with Crippen molar-refractivity contribution in [2.24, 2.45) is 5.92 Å². The Bertz CT molecular complexity index is 510. The zero-order chi connectivity index (χ0) is 16.3. The molecule has 2 heterocycles. The summed E-state index contributed by atoms with van der Waals surface area (Å²) in [6, 6.07) is -0.152. The minimum absolute atomic E-state index is 0.0275. The van der Waals surface area contributed by atoms with Crippen LogP contribution in [0.1, 0.15) is 57.3 Å². The number of aliphatic hydroxyl groups excluding tert-OH is 1. The first-order chi connectivity index (χ1) is 10.3. The second kappa shape index (κ2) is 6.96. The fraction of sp³-hybridized carbons (Fsp3) is 0.750. The Morgan fingerprint density at radius 3 is 2.91 bits per heavy atom. The Morgan fingerprint density at radius 1 is 1.59 bits per heavy atom. The van der Waals surface area contributed by atoms with E-state index in [1.165, 1.54) is 0 Å². The maximum atomic E-state index is 12.4. The van der Waals surface area contributed by atoms with Gasteiger partial charge in [0.15, 0.2) is 0 Å². The van der Waals surface area contributed by atoms with Crippen LogP contribution in [0, 0.1) is 5.92 Å². The highest BCUT2D eigenvalue weighted by atomic mass is 32.1. The Balaban J connectivity index is 1.95. The molecule has 5 nitrogen and oxygen atoms in total. The number of nitrogens with one attached hydrogen (secondary N) is 1. The van der Waals surface area contributed by atoms with Crippen molar-refractivity contribution < 1.29 is 9.90 Å². The number of aliphatic hydroxyl groups is 1. The number of nitrogens with zero attached hydrogens (tertiary/aromatic N) is 2. The van der Waals surface area contributed by atoms with Crippen molar-refractivity contribution in [3.63, 3.8) is 0 Å². The van der Waals surface area contributed by atoms with Gasteiger partial charge in [0.2, 0.25) is 0 Å². The molecule has 0 saturated carbocycles. The molecule has 0 radical (unpaired) electrons. The molecule has 6 heteroatoms. The third kappa shape index (κ3) is 4.20. The number of likely N-dealkylation sites (tertiary alicyclic amines) is 1. The molecule has 0 aliphatic carbocycles. The van der Waals surface area contributed by atoms with Crippen LogP contribution in [0.25, 0.3) is 0 Å². The van der Waals surface area contributed by atoms with E-state index in [1.54, 1.807) is 16.2 Å². The van der Waals surface area contributed by atoms with Crippen LogP contribution in [0.15, 0.2) is 5.38 Å². The molecule has 2 amide bonds. The number of hydrogen-bond acceptors (Lipinski definition) is 4. The molecule has 124 valence electrons. The number of piperidine rings is 1. The van der Waals surface area contributed by atoms with E-state index < -0.39 is 0 Å². The Morgan fingerprint density at radius 2 is 2.32 bits per heavy atom. The van der Waals surface area contributed by atoms with E-state index in [0.29, 0.717) is 6.54 Å². The van der Waals surface area contributed by atoms with Crippen molar-refractivity contribution in [1.29, 1.82) is 0 Å². The maximum Gasteiger partial charge on any atom is 0.317 e. The summed E-state index contributed by atoms with van der Waals surface area (Å²) < 4.78 is 0. The number of thiazole rings is 1. The lowest BCUT2D eigenvalue weighted by Crippen LogP contribution is -2.46. The predicted molar refractivity (Wildman–Crippen MR) is 89.1 cm³/mol. The van der Waals surface area contributed by atoms with Gasteiger partial charge in [-0.15, -0.1) is 11.3 Å². The summed E-state index contributed by atoms with van der Waals surface area (Å²) in [5, 5.41) is 15.3. The fourth-order valence-electron chi connectivity index (χ4n) is 2.57. The van der Waals surface area contributed by atoms with E-state index in [4.69, 9.17) is 0 Å². The van der Waals surface area contributed by atoms with Gasteiger partial charge in [0.25, 0.3) is 0 Å². The van der Waals surface area contributed by atoms with Gasteiger partial charge in [-0.3, -0.25) is 0 Å². The normalized spacial score (nSPS) is 20.8. The van der Waals surface area contributed by atoms with Crippen molar-refractivity contribution in [1.82, 2.24) is 15.2 Å². The summed E-state index contributed by atoms with van der Waals surface area (Å²) in [7, 11) is 0. The molecule has 22 heavy (non-hydrogen) atoms. The zero-order valence-corrected chi connectivity index (χ0v) is 14.7. The lowest BCUT2D eigenvalue weighted by molar-refractivity contribution is 0.128. The lowest BCUT2D eigenvalue weighted by Gasteiger charge is -2.32. The lowest BCUT2D eigenvalue weighted by atomic mass is 9.93. The van der Waals surface area contributed by atoms with E-state index in [9.17, 15) is 9.90 Å². The molecular weight excluding hydrogens is 298 g/mol. The van der Waals surface area contributed by atoms with Gasteiger partial charge < -0.3 is 15.3 Å². The molecule has 2 rings (SSSR count). The van der Waals surface area contributed by atoms with Gasteiger partial charge in [0.05, 0.1) is 11.7 Å². The topological polar surface area (TPSA) is 65.5 Å². The second-order valence-electron chi connectivity index (χ2n) is 7.13. The van der Waals surface area contributed by atoms with Gasteiger partial charge in [-0.2, -0.15) is 0 Å². The van der Waals surface area contributed by atoms with Gasteiger partial charge in [-0.25, -0.2) is 9.78 Å². The van der Waals surface area contributed by atoms with Crippen LogP contribution in [-0.4, -0.2) is 40.7 Å². The SMILES string of the molecule is CC(NC(=O)N1CCCC(CO)C1)c1nc(C(C)(C)C)cs1. The van der Waals surface area contributed by atoms with E-state index in [1.807, 2.05) is 6.92 Å². The highest BCUT2D eigenvalue weighted by Gasteiger charge is 2.25. The van der Waals surface area contributed by atoms with Crippen molar-refractivity contribution in [2.75, 3.05) is 19.7 Å². The van der Waals surface area contributed by atoms with Crippen molar-refractivity contribution in [2.45, 2.75) is 52.0 Å². The molecule has 2 atom stereocenters. The van der Waals surface area contributed by atoms with E-state index >= 15 is 0 Å². The summed E-state index contributed by atoms with van der Waals surface area (Å²) in [6.45, 7) is 9.94. The summed E-state index contributed by atoms with van der Waals surface area (Å²) in [6.07, 6.45) is 1.95. The molecule has 0 bridgehead atoms. The molecule has 0 spiro atoms. The number of rotatable bonds is 3. The Hall–Kier alpha value is -1.14. The first-order valence-electron chi connectivity index (χ1n) is 7.93. The minimum atomic E-state index is -0.0943. The number of aromatic nitrogens is 1. The standard InChI is InChI=1S/C16H27N3O2S/c1-11(14-18-13(10-22-14)16(2,3)4)17-15(21)19-7-5-6-12(8-19)9-20/h10-12,20H,5-9H2,1-4H3,(H,17,21). The quantitative estimate of drug-likeness (QED) is 0.898. The van der Waals surface area contributed by atoms with Crippen LogP contribution < -0.4 is 5.32 Å². The third-order valence-electron chi connectivity index (χ3n) is 4.07. The fourth-order valence-corrected chi connectivity index (χ4v) is 3.62. The number of amides is 2.